The number of phenolic OH excluding ortho intramolecular Hbond substituents is 2. The molecule has 14 heteroatoms. The van der Waals surface area contributed by atoms with Crippen LogP contribution in [0.1, 0.15) is 50.8 Å². The average molecular weight is 805 g/mol. The van der Waals surface area contributed by atoms with Crippen LogP contribution in [0.5, 0.6) is 17.2 Å². The van der Waals surface area contributed by atoms with E-state index in [-0.39, 0.29) is 24.3 Å². The molecule has 0 radical (unpaired) electrons. The summed E-state index contributed by atoms with van der Waals surface area (Å²) in [4.78, 5) is 74.2. The Kier molecular flexibility index (Phi) is 17.5. The predicted octanol–water partition coefficient (Wildman–Crippen LogP) is 3.99. The molecule has 0 fully saturated rings. The molecule has 1 unspecified atom stereocenters. The molecule has 0 bridgehead atoms. The number of esters is 2. The van der Waals surface area contributed by atoms with Gasteiger partial charge in [0.15, 0.2) is 6.10 Å². The first-order valence-corrected chi connectivity index (χ1v) is 19.4. The Morgan fingerprint density at radius 2 is 1.09 bits per heavy atom. The molecule has 3 aromatic carbocycles. The number of hydrogen-bond acceptors (Lipinski definition) is 11. The van der Waals surface area contributed by atoms with E-state index in [0.29, 0.717) is 29.7 Å². The maximum atomic E-state index is 14.5. The zero-order chi connectivity index (χ0) is 43.3. The van der Waals surface area contributed by atoms with Crippen LogP contribution in [-0.4, -0.2) is 127 Å². The van der Waals surface area contributed by atoms with E-state index >= 15 is 0 Å². The summed E-state index contributed by atoms with van der Waals surface area (Å²) in [6.45, 7) is 7.18. The van der Waals surface area contributed by atoms with E-state index in [1.165, 1.54) is 55.3 Å². The van der Waals surface area contributed by atoms with E-state index in [4.69, 9.17) is 14.2 Å². The van der Waals surface area contributed by atoms with E-state index in [1.54, 1.807) is 83.3 Å². The zero-order valence-electron chi connectivity index (χ0n) is 35.3. The van der Waals surface area contributed by atoms with Crippen molar-refractivity contribution < 1.29 is 48.4 Å². The van der Waals surface area contributed by atoms with Crippen molar-refractivity contribution in [3.05, 3.63) is 89.5 Å². The molecule has 3 rings (SSSR count). The summed E-state index contributed by atoms with van der Waals surface area (Å²) in [7, 11) is 9.21. The number of nitrogens with zero attached hydrogens (tertiary/aromatic N) is 3. The Hall–Kier alpha value is -5.63. The molecule has 0 aromatic heterocycles. The highest BCUT2D eigenvalue weighted by molar-refractivity contribution is 5.95. The Balaban J connectivity index is 1.92. The highest BCUT2D eigenvalue weighted by Gasteiger charge is 2.40. The molecule has 0 saturated heterocycles. The van der Waals surface area contributed by atoms with Crippen LogP contribution in [0.15, 0.2) is 72.8 Å². The number of methoxy groups -OCH3 is 2. The fourth-order valence-electron chi connectivity index (χ4n) is 6.43. The lowest BCUT2D eigenvalue weighted by Gasteiger charge is -2.36. The van der Waals surface area contributed by atoms with Crippen LogP contribution in [0.3, 0.4) is 0 Å². The number of nitrogens with one attached hydrogen (secondary N) is 1. The van der Waals surface area contributed by atoms with Crippen molar-refractivity contribution in [1.29, 1.82) is 0 Å². The summed E-state index contributed by atoms with van der Waals surface area (Å²) >= 11 is 0. The normalized spacial score (nSPS) is 14.3. The summed E-state index contributed by atoms with van der Waals surface area (Å²) < 4.78 is 16.3. The Morgan fingerprint density at radius 3 is 1.52 bits per heavy atom. The minimum absolute atomic E-state index is 0.00475. The quantitative estimate of drug-likeness (QED) is 0.141. The van der Waals surface area contributed by atoms with E-state index in [1.807, 2.05) is 19.1 Å². The van der Waals surface area contributed by atoms with Crippen molar-refractivity contribution in [2.45, 2.75) is 83.6 Å². The van der Waals surface area contributed by atoms with Crippen LogP contribution < -0.4 is 10.1 Å². The lowest BCUT2D eigenvalue weighted by molar-refractivity contribution is -0.164. The van der Waals surface area contributed by atoms with Crippen molar-refractivity contribution in [1.82, 2.24) is 20.0 Å². The maximum Gasteiger partial charge on any atom is 0.328 e. The molecular formula is C44H60N4O10. The summed E-state index contributed by atoms with van der Waals surface area (Å²) in [5, 5.41) is 22.6. The second-order valence-electron chi connectivity index (χ2n) is 15.2. The van der Waals surface area contributed by atoms with Crippen molar-refractivity contribution >= 4 is 29.7 Å². The Labute approximate surface area is 342 Å². The second kappa shape index (κ2) is 21.8. The number of ether oxygens (including phenoxy) is 3. The lowest BCUT2D eigenvalue weighted by atomic mass is 9.96. The molecule has 0 aliphatic heterocycles. The fraction of sp³-hybridized carbons (Fsp3) is 0.477. The van der Waals surface area contributed by atoms with Gasteiger partial charge in [0, 0.05) is 32.9 Å². The molecule has 0 spiro atoms. The number of carbonyl (C=O) groups is 5. The maximum absolute atomic E-state index is 14.5. The summed E-state index contributed by atoms with van der Waals surface area (Å²) in [5.74, 6) is -3.22. The Morgan fingerprint density at radius 1 is 0.638 bits per heavy atom. The Bertz CT molecular complexity index is 1820. The highest BCUT2D eigenvalue weighted by Crippen LogP contribution is 2.22. The van der Waals surface area contributed by atoms with Crippen LogP contribution in [0.25, 0.3) is 0 Å². The third kappa shape index (κ3) is 12.7. The molecule has 3 aromatic rings. The molecule has 58 heavy (non-hydrogen) atoms. The van der Waals surface area contributed by atoms with Gasteiger partial charge in [-0.2, -0.15) is 0 Å². The molecule has 3 amide bonds. The van der Waals surface area contributed by atoms with Gasteiger partial charge in [-0.15, -0.1) is 0 Å². The number of phenols is 2. The van der Waals surface area contributed by atoms with Gasteiger partial charge >= 0.3 is 11.9 Å². The van der Waals surface area contributed by atoms with Crippen LogP contribution in [0.2, 0.25) is 0 Å². The van der Waals surface area contributed by atoms with Gasteiger partial charge in [0.05, 0.1) is 14.2 Å². The largest absolute Gasteiger partial charge is 0.508 e. The number of amides is 3. The third-order valence-electron chi connectivity index (χ3n) is 10.5. The summed E-state index contributed by atoms with van der Waals surface area (Å²) in [5.41, 5.74) is 2.15. The van der Waals surface area contributed by atoms with E-state index in [0.717, 1.165) is 5.56 Å². The minimum Gasteiger partial charge on any atom is -0.508 e. The van der Waals surface area contributed by atoms with Gasteiger partial charge in [-0.3, -0.25) is 24.1 Å². The molecule has 0 aliphatic carbocycles. The van der Waals surface area contributed by atoms with Crippen molar-refractivity contribution in [2.24, 2.45) is 11.8 Å². The van der Waals surface area contributed by atoms with Crippen molar-refractivity contribution in [2.75, 3.05) is 42.4 Å². The molecule has 0 saturated carbocycles. The van der Waals surface area contributed by atoms with E-state index < -0.39 is 71.8 Å². The second-order valence-corrected chi connectivity index (χ2v) is 15.2. The number of hydrogen-bond donors (Lipinski definition) is 3. The van der Waals surface area contributed by atoms with Crippen LogP contribution in [0.4, 0.5) is 0 Å². The van der Waals surface area contributed by atoms with E-state index in [9.17, 15) is 34.2 Å². The predicted molar refractivity (Wildman–Crippen MR) is 219 cm³/mol. The van der Waals surface area contributed by atoms with Gasteiger partial charge in [-0.25, -0.2) is 4.79 Å². The monoisotopic (exact) mass is 804 g/mol. The molecule has 14 nitrogen and oxygen atoms in total. The molecule has 6 atom stereocenters. The van der Waals surface area contributed by atoms with Gasteiger partial charge in [0.25, 0.3) is 5.91 Å². The third-order valence-corrected chi connectivity index (χ3v) is 10.5. The van der Waals surface area contributed by atoms with Crippen LogP contribution >= 0.6 is 0 Å². The number of benzene rings is 3. The fourth-order valence-corrected chi connectivity index (χ4v) is 6.43. The summed E-state index contributed by atoms with van der Waals surface area (Å²) in [6.07, 6.45) is -0.341. The number of rotatable bonds is 20. The van der Waals surface area contributed by atoms with E-state index in [2.05, 4.69) is 5.32 Å². The SMILES string of the molecule is CC[C@@H](C)[C@@H](OC(=O)[C@@H](Cc1ccc(OC)cc1)N(C)C)C(=O)N[C@H](C(=O)N(C)C(Cc1ccc(O)cc1)C(=O)N(C)[C@H](Cc1ccc(O)cc1)C(=O)OC)C(C)C. The topological polar surface area (TPSA) is 175 Å². The van der Waals surface area contributed by atoms with Gasteiger partial charge < -0.3 is 39.5 Å². The molecule has 316 valence electrons. The van der Waals surface area contributed by atoms with Gasteiger partial charge in [-0.05, 0) is 85.9 Å². The number of aromatic hydroxyl groups is 2. The highest BCUT2D eigenvalue weighted by atomic mass is 16.6. The standard InChI is InChI=1S/C44H60N4O10/c1-11-28(4)39(58-44(55)36(46(5)6)25-31-16-22-34(56-9)23-17-31)40(51)45-38(27(2)3)42(53)47(7)35(24-29-12-18-32(49)19-13-29)41(52)48(8)37(43(54)57-10)26-30-14-20-33(50)21-15-30/h12-23,27-28,35-39,49-50H,11,24-26H2,1-10H3,(H,45,51)/t28-,35?,36-,37-,38+,39-/m1/s1. The van der Waals surface area contributed by atoms with Crippen LogP contribution in [0, 0.1) is 11.8 Å². The van der Waals surface area contributed by atoms with Crippen molar-refractivity contribution in [3.63, 3.8) is 0 Å². The van der Waals surface area contributed by atoms with Crippen LogP contribution in [-0.2, 0) is 52.7 Å². The number of likely N-dealkylation sites (N-methyl/N-ethyl adjacent to an activating group) is 3. The zero-order valence-corrected chi connectivity index (χ0v) is 35.3. The van der Waals surface area contributed by atoms with Gasteiger partial charge in [-0.1, -0.05) is 64.1 Å². The number of carbonyl (C=O) groups excluding carboxylic acids is 5. The average Bonchev–Trinajstić information content (AvgIpc) is 3.21. The van der Waals surface area contributed by atoms with Gasteiger partial charge in [0.2, 0.25) is 11.8 Å². The lowest BCUT2D eigenvalue weighted by Crippen LogP contribution is -2.59. The summed E-state index contributed by atoms with van der Waals surface area (Å²) in [6, 6.07) is 15.6. The smallest absolute Gasteiger partial charge is 0.328 e. The first-order valence-electron chi connectivity index (χ1n) is 19.4. The first kappa shape index (κ1) is 46.8. The molecule has 0 heterocycles. The minimum atomic E-state index is -1.23. The molecule has 3 N–H and O–H groups in total. The first-order chi connectivity index (χ1) is 27.4. The molecular weight excluding hydrogens is 745 g/mol. The molecule has 0 aliphatic rings. The van der Waals surface area contributed by atoms with Crippen molar-refractivity contribution in [3.8, 4) is 17.2 Å². The van der Waals surface area contributed by atoms with Gasteiger partial charge in [0.1, 0.15) is 41.4 Å².